The summed E-state index contributed by atoms with van der Waals surface area (Å²) in [6.45, 7) is 0. The molecule has 2 heterocycles. The Balaban J connectivity index is 1.38. The van der Waals surface area contributed by atoms with Gasteiger partial charge in [0.15, 0.2) is 16.5 Å². The highest BCUT2D eigenvalue weighted by atomic mass is 32.1. The first-order chi connectivity index (χ1) is 15.5. The summed E-state index contributed by atoms with van der Waals surface area (Å²) >= 11 is 1.49. The summed E-state index contributed by atoms with van der Waals surface area (Å²) in [6.07, 6.45) is 5.19. The maximum atomic E-state index is 13.8. The zero-order valence-corrected chi connectivity index (χ0v) is 17.6. The molecule has 8 nitrogen and oxygen atoms in total. The summed E-state index contributed by atoms with van der Waals surface area (Å²) < 4.78 is 26.1. The highest BCUT2D eigenvalue weighted by molar-refractivity contribution is 7.15. The molecule has 1 N–H and O–H groups in total. The van der Waals surface area contributed by atoms with Crippen LogP contribution in [0.25, 0.3) is 4.96 Å². The van der Waals surface area contributed by atoms with Crippen LogP contribution in [-0.2, 0) is 11.2 Å². The third-order valence-electron chi connectivity index (χ3n) is 4.37. The second-order valence-electron chi connectivity index (χ2n) is 6.57. The molecule has 0 saturated heterocycles. The van der Waals surface area contributed by atoms with Crippen molar-refractivity contribution in [3.05, 3.63) is 82.9 Å². The number of hydrogen-bond acceptors (Lipinski definition) is 7. The van der Waals surface area contributed by atoms with Crippen molar-refractivity contribution in [1.82, 2.24) is 14.8 Å². The molecule has 2 aromatic carbocycles. The van der Waals surface area contributed by atoms with Crippen LogP contribution >= 0.6 is 11.3 Å². The SMILES string of the molecule is COc1cc(/C=N/NC(=O)Cc2cn3ccsc3n2)ccc1OC(=O)c1ccccc1F. The highest BCUT2D eigenvalue weighted by Gasteiger charge is 2.16. The Bertz CT molecular complexity index is 1290. The number of aromatic nitrogens is 2. The maximum Gasteiger partial charge on any atom is 0.346 e. The Morgan fingerprint density at radius 1 is 1.25 bits per heavy atom. The van der Waals surface area contributed by atoms with Crippen molar-refractivity contribution in [3.63, 3.8) is 0 Å². The number of fused-ring (bicyclic) bond motifs is 1. The number of carbonyl (C=O) groups excluding carboxylic acids is 2. The van der Waals surface area contributed by atoms with Gasteiger partial charge >= 0.3 is 5.97 Å². The van der Waals surface area contributed by atoms with Crippen LogP contribution in [0.5, 0.6) is 11.5 Å². The first-order valence-corrected chi connectivity index (χ1v) is 10.3. The second-order valence-corrected chi connectivity index (χ2v) is 7.45. The molecule has 0 saturated carbocycles. The van der Waals surface area contributed by atoms with E-state index in [1.165, 1.54) is 48.9 Å². The van der Waals surface area contributed by atoms with Gasteiger partial charge in [-0.1, -0.05) is 12.1 Å². The first-order valence-electron chi connectivity index (χ1n) is 9.41. The summed E-state index contributed by atoms with van der Waals surface area (Å²) in [6, 6.07) is 10.2. The van der Waals surface area contributed by atoms with Gasteiger partial charge in [-0.25, -0.2) is 19.6 Å². The molecule has 4 rings (SSSR count). The van der Waals surface area contributed by atoms with Crippen molar-refractivity contribution in [2.75, 3.05) is 7.11 Å². The number of hydrogen-bond donors (Lipinski definition) is 1. The normalized spacial score (nSPS) is 11.1. The van der Waals surface area contributed by atoms with Gasteiger partial charge in [0.1, 0.15) is 5.82 Å². The molecule has 10 heteroatoms. The smallest absolute Gasteiger partial charge is 0.346 e. The number of nitrogens with zero attached hydrogens (tertiary/aromatic N) is 3. The summed E-state index contributed by atoms with van der Waals surface area (Å²) in [4.78, 5) is 29.5. The number of halogens is 1. The van der Waals surface area contributed by atoms with Gasteiger partial charge in [0.05, 0.1) is 31.0 Å². The minimum Gasteiger partial charge on any atom is -0.493 e. The Labute approximate surface area is 185 Å². The van der Waals surface area contributed by atoms with E-state index in [0.717, 1.165) is 4.96 Å². The van der Waals surface area contributed by atoms with E-state index in [1.54, 1.807) is 24.4 Å². The molecule has 4 aromatic rings. The predicted octanol–water partition coefficient (Wildman–Crippen LogP) is 3.46. The summed E-state index contributed by atoms with van der Waals surface area (Å²) in [5.74, 6) is -1.44. The van der Waals surface area contributed by atoms with Gasteiger partial charge in [-0.15, -0.1) is 11.3 Å². The molecule has 1 amide bonds. The van der Waals surface area contributed by atoms with Gasteiger partial charge in [0, 0.05) is 17.8 Å². The molecular weight excluding hydrogens is 435 g/mol. The molecule has 162 valence electrons. The molecule has 2 aromatic heterocycles. The van der Waals surface area contributed by atoms with E-state index in [0.29, 0.717) is 11.3 Å². The number of thiazole rings is 1. The fraction of sp³-hybridized carbons (Fsp3) is 0.0909. The summed E-state index contributed by atoms with van der Waals surface area (Å²) in [5.41, 5.74) is 3.50. The standard InChI is InChI=1S/C22H17FN4O4S/c1-30-19-10-14(6-7-18(19)31-21(29)16-4-2-3-5-17(16)23)12-24-26-20(28)11-15-13-27-8-9-32-22(27)25-15/h2-10,12-13H,11H2,1H3,(H,26,28)/b24-12+. The Hall–Kier alpha value is -4.05. The molecule has 0 aliphatic heterocycles. The number of esters is 1. The summed E-state index contributed by atoms with van der Waals surface area (Å²) in [5, 5.41) is 5.85. The second kappa shape index (κ2) is 9.40. The lowest BCUT2D eigenvalue weighted by Crippen LogP contribution is -2.19. The van der Waals surface area contributed by atoms with Crippen LogP contribution in [0, 0.1) is 5.82 Å². The number of carbonyl (C=O) groups is 2. The zero-order valence-electron chi connectivity index (χ0n) is 16.8. The fourth-order valence-corrected chi connectivity index (χ4v) is 3.59. The quantitative estimate of drug-likeness (QED) is 0.201. The van der Waals surface area contributed by atoms with E-state index in [2.05, 4.69) is 15.5 Å². The Kier molecular flexibility index (Phi) is 6.22. The van der Waals surface area contributed by atoms with Crippen LogP contribution in [0.4, 0.5) is 4.39 Å². The van der Waals surface area contributed by atoms with E-state index < -0.39 is 11.8 Å². The molecule has 0 unspecified atom stereocenters. The number of nitrogens with one attached hydrogen (secondary N) is 1. The number of methoxy groups -OCH3 is 1. The van der Waals surface area contributed by atoms with Gasteiger partial charge in [0.2, 0.25) is 5.91 Å². The molecule has 0 fully saturated rings. The molecule has 0 atom stereocenters. The van der Waals surface area contributed by atoms with Gasteiger partial charge in [-0.05, 0) is 35.9 Å². The van der Waals surface area contributed by atoms with Crippen molar-refractivity contribution >= 4 is 34.4 Å². The minimum absolute atomic E-state index is 0.0972. The number of ether oxygens (including phenoxy) is 2. The summed E-state index contributed by atoms with van der Waals surface area (Å²) in [7, 11) is 1.41. The van der Waals surface area contributed by atoms with Crippen molar-refractivity contribution in [1.29, 1.82) is 0 Å². The van der Waals surface area contributed by atoms with Crippen molar-refractivity contribution < 1.29 is 23.5 Å². The molecule has 0 radical (unpaired) electrons. The number of hydrazone groups is 1. The number of imidazole rings is 1. The molecule has 0 aliphatic rings. The Morgan fingerprint density at radius 3 is 2.88 bits per heavy atom. The van der Waals surface area contributed by atoms with Crippen LogP contribution in [-0.4, -0.2) is 34.6 Å². The lowest BCUT2D eigenvalue weighted by atomic mass is 10.2. The molecule has 0 bridgehead atoms. The zero-order chi connectivity index (χ0) is 22.5. The first kappa shape index (κ1) is 21.2. The van der Waals surface area contributed by atoms with Gasteiger partial charge in [-0.3, -0.25) is 9.20 Å². The van der Waals surface area contributed by atoms with Crippen molar-refractivity contribution in [3.8, 4) is 11.5 Å². The number of amides is 1. The largest absolute Gasteiger partial charge is 0.493 e. The molecular formula is C22H17FN4O4S. The van der Waals surface area contributed by atoms with E-state index in [1.807, 2.05) is 16.0 Å². The number of rotatable bonds is 7. The highest BCUT2D eigenvalue weighted by Crippen LogP contribution is 2.28. The lowest BCUT2D eigenvalue weighted by Gasteiger charge is -2.10. The molecule has 0 spiro atoms. The van der Waals surface area contributed by atoms with Crippen LogP contribution in [0.2, 0.25) is 0 Å². The third kappa shape index (κ3) is 4.81. The van der Waals surface area contributed by atoms with E-state index in [-0.39, 0.29) is 29.4 Å². The lowest BCUT2D eigenvalue weighted by molar-refractivity contribution is -0.120. The Morgan fingerprint density at radius 2 is 2.09 bits per heavy atom. The maximum absolute atomic E-state index is 13.8. The van der Waals surface area contributed by atoms with E-state index >= 15 is 0 Å². The van der Waals surface area contributed by atoms with E-state index in [4.69, 9.17) is 9.47 Å². The topological polar surface area (TPSA) is 94.3 Å². The monoisotopic (exact) mass is 452 g/mol. The van der Waals surface area contributed by atoms with Crippen molar-refractivity contribution in [2.45, 2.75) is 6.42 Å². The van der Waals surface area contributed by atoms with Gasteiger partial charge in [-0.2, -0.15) is 5.10 Å². The molecule has 0 aliphatic carbocycles. The number of benzene rings is 2. The van der Waals surface area contributed by atoms with Crippen LogP contribution in [0.1, 0.15) is 21.6 Å². The minimum atomic E-state index is -0.839. The van der Waals surface area contributed by atoms with E-state index in [9.17, 15) is 14.0 Å². The van der Waals surface area contributed by atoms with Gasteiger partial charge < -0.3 is 9.47 Å². The molecule has 32 heavy (non-hydrogen) atoms. The average Bonchev–Trinajstić information content (AvgIpc) is 3.36. The third-order valence-corrected chi connectivity index (χ3v) is 5.14. The van der Waals surface area contributed by atoms with Crippen molar-refractivity contribution in [2.24, 2.45) is 5.10 Å². The fourth-order valence-electron chi connectivity index (χ4n) is 2.87. The van der Waals surface area contributed by atoms with Crippen LogP contribution in [0.3, 0.4) is 0 Å². The van der Waals surface area contributed by atoms with Crippen LogP contribution in [0.15, 0.2) is 65.3 Å². The predicted molar refractivity (Wildman–Crippen MR) is 117 cm³/mol. The van der Waals surface area contributed by atoms with Crippen LogP contribution < -0.4 is 14.9 Å². The average molecular weight is 452 g/mol. The van der Waals surface area contributed by atoms with Gasteiger partial charge in [0.25, 0.3) is 0 Å².